The second-order valence-corrected chi connectivity index (χ2v) is 6.63. The first-order chi connectivity index (χ1) is 8.34. The van der Waals surface area contributed by atoms with E-state index in [4.69, 9.17) is 0 Å². The molecule has 0 radical (unpaired) electrons. The molecule has 0 aromatic heterocycles. The van der Waals surface area contributed by atoms with Crippen LogP contribution in [0.3, 0.4) is 0 Å². The highest BCUT2D eigenvalue weighted by Crippen LogP contribution is 2.28. The molecule has 2 rings (SSSR count). The van der Waals surface area contributed by atoms with E-state index in [2.05, 4.69) is 12.2 Å². The lowest BCUT2D eigenvalue weighted by Crippen LogP contribution is -2.28. The van der Waals surface area contributed by atoms with Crippen LogP contribution in [0.15, 0.2) is 0 Å². The Morgan fingerprint density at radius 2 is 1.65 bits per heavy atom. The summed E-state index contributed by atoms with van der Waals surface area (Å²) in [5, 5.41) is 3.72. The van der Waals surface area contributed by atoms with Gasteiger partial charge in [-0.3, -0.25) is 0 Å². The van der Waals surface area contributed by atoms with E-state index < -0.39 is 0 Å². The summed E-state index contributed by atoms with van der Waals surface area (Å²) in [7, 11) is 0. The van der Waals surface area contributed by atoms with Crippen LogP contribution in [0, 0.1) is 17.8 Å². The molecule has 100 valence electrons. The molecule has 1 N–H and O–H groups in total. The van der Waals surface area contributed by atoms with Gasteiger partial charge in [-0.1, -0.05) is 51.9 Å². The fourth-order valence-electron chi connectivity index (χ4n) is 3.83. The number of rotatable bonds is 5. The maximum absolute atomic E-state index is 3.72. The SMILES string of the molecule is CC1CCCC(CNCCC2CCCCC2)C1. The van der Waals surface area contributed by atoms with Gasteiger partial charge in [-0.05, 0) is 50.1 Å². The molecule has 0 bridgehead atoms. The molecule has 0 spiro atoms. The van der Waals surface area contributed by atoms with Crippen LogP contribution in [0.5, 0.6) is 0 Å². The monoisotopic (exact) mass is 237 g/mol. The molecule has 0 heterocycles. The van der Waals surface area contributed by atoms with Gasteiger partial charge in [-0.15, -0.1) is 0 Å². The number of hydrogen-bond donors (Lipinski definition) is 1. The van der Waals surface area contributed by atoms with Gasteiger partial charge >= 0.3 is 0 Å². The molecule has 0 amide bonds. The molecule has 0 saturated heterocycles. The van der Waals surface area contributed by atoms with Gasteiger partial charge in [0, 0.05) is 0 Å². The predicted molar refractivity (Wildman–Crippen MR) is 75.2 cm³/mol. The maximum Gasteiger partial charge on any atom is -0.00204 e. The van der Waals surface area contributed by atoms with Crippen molar-refractivity contribution in [3.8, 4) is 0 Å². The zero-order valence-electron chi connectivity index (χ0n) is 11.7. The molecular formula is C16H31N. The van der Waals surface area contributed by atoms with Gasteiger partial charge in [0.15, 0.2) is 0 Å². The molecule has 2 atom stereocenters. The molecule has 1 nitrogen and oxygen atoms in total. The van der Waals surface area contributed by atoms with Gasteiger partial charge < -0.3 is 5.32 Å². The molecule has 2 fully saturated rings. The third-order valence-corrected chi connectivity index (χ3v) is 4.93. The lowest BCUT2D eigenvalue weighted by Gasteiger charge is -2.27. The summed E-state index contributed by atoms with van der Waals surface area (Å²) in [6.45, 7) is 4.99. The first-order valence-corrected chi connectivity index (χ1v) is 8.05. The van der Waals surface area contributed by atoms with Gasteiger partial charge in [0.2, 0.25) is 0 Å². The Labute approximate surface area is 108 Å². The smallest absolute Gasteiger partial charge is 0.00204 e. The summed E-state index contributed by atoms with van der Waals surface area (Å²) >= 11 is 0. The van der Waals surface area contributed by atoms with Crippen molar-refractivity contribution in [3.05, 3.63) is 0 Å². The molecule has 0 aromatic rings. The Balaban J connectivity index is 1.50. The van der Waals surface area contributed by atoms with Crippen molar-refractivity contribution in [2.45, 2.75) is 71.1 Å². The van der Waals surface area contributed by atoms with Crippen LogP contribution in [-0.4, -0.2) is 13.1 Å². The molecule has 2 aliphatic rings. The Hall–Kier alpha value is -0.0400. The molecule has 17 heavy (non-hydrogen) atoms. The van der Waals surface area contributed by atoms with Crippen LogP contribution < -0.4 is 5.32 Å². The third kappa shape index (κ3) is 4.99. The molecule has 0 aromatic carbocycles. The third-order valence-electron chi connectivity index (χ3n) is 4.93. The Morgan fingerprint density at radius 1 is 0.882 bits per heavy atom. The van der Waals surface area contributed by atoms with Crippen LogP contribution in [0.1, 0.15) is 71.1 Å². The van der Waals surface area contributed by atoms with E-state index in [9.17, 15) is 0 Å². The van der Waals surface area contributed by atoms with E-state index in [0.717, 1.165) is 17.8 Å². The lowest BCUT2D eigenvalue weighted by atomic mass is 9.82. The van der Waals surface area contributed by atoms with Crippen LogP contribution in [0.2, 0.25) is 0 Å². The van der Waals surface area contributed by atoms with Crippen molar-refractivity contribution in [3.63, 3.8) is 0 Å². The minimum Gasteiger partial charge on any atom is -0.316 e. The zero-order valence-corrected chi connectivity index (χ0v) is 11.7. The second-order valence-electron chi connectivity index (χ2n) is 6.63. The number of hydrogen-bond acceptors (Lipinski definition) is 1. The zero-order chi connectivity index (χ0) is 11.9. The van der Waals surface area contributed by atoms with E-state index in [0.29, 0.717) is 0 Å². The average molecular weight is 237 g/mol. The Morgan fingerprint density at radius 3 is 2.41 bits per heavy atom. The van der Waals surface area contributed by atoms with E-state index in [1.807, 2.05) is 0 Å². The molecule has 2 unspecified atom stereocenters. The van der Waals surface area contributed by atoms with Crippen molar-refractivity contribution in [1.29, 1.82) is 0 Å². The normalized spacial score (nSPS) is 31.6. The van der Waals surface area contributed by atoms with Gasteiger partial charge in [-0.25, -0.2) is 0 Å². The Kier molecular flexibility index (Phi) is 5.84. The van der Waals surface area contributed by atoms with E-state index >= 15 is 0 Å². The van der Waals surface area contributed by atoms with E-state index in [1.54, 1.807) is 0 Å². The fraction of sp³-hybridized carbons (Fsp3) is 1.00. The Bertz CT molecular complexity index is 196. The second kappa shape index (κ2) is 7.41. The van der Waals surface area contributed by atoms with Gasteiger partial charge in [0.05, 0.1) is 0 Å². The summed E-state index contributed by atoms with van der Waals surface area (Å²) in [5.41, 5.74) is 0. The molecule has 2 aliphatic carbocycles. The molecule has 1 heteroatoms. The topological polar surface area (TPSA) is 12.0 Å². The van der Waals surface area contributed by atoms with Crippen molar-refractivity contribution in [1.82, 2.24) is 5.32 Å². The fourth-order valence-corrected chi connectivity index (χ4v) is 3.83. The summed E-state index contributed by atoms with van der Waals surface area (Å²) in [6, 6.07) is 0. The van der Waals surface area contributed by atoms with Gasteiger partial charge in [0.1, 0.15) is 0 Å². The summed E-state index contributed by atoms with van der Waals surface area (Å²) in [6.07, 6.45) is 14.8. The molecular weight excluding hydrogens is 206 g/mol. The highest BCUT2D eigenvalue weighted by molar-refractivity contribution is 4.73. The summed E-state index contributed by atoms with van der Waals surface area (Å²) in [5.74, 6) is 3.00. The largest absolute Gasteiger partial charge is 0.316 e. The van der Waals surface area contributed by atoms with Crippen LogP contribution >= 0.6 is 0 Å². The average Bonchev–Trinajstić information content (AvgIpc) is 2.36. The predicted octanol–water partition coefficient (Wildman–Crippen LogP) is 4.37. The minimum atomic E-state index is 0.977. The van der Waals surface area contributed by atoms with Gasteiger partial charge in [0.25, 0.3) is 0 Å². The summed E-state index contributed by atoms with van der Waals surface area (Å²) in [4.78, 5) is 0. The van der Waals surface area contributed by atoms with Crippen molar-refractivity contribution in [2.75, 3.05) is 13.1 Å². The van der Waals surface area contributed by atoms with Gasteiger partial charge in [-0.2, -0.15) is 0 Å². The van der Waals surface area contributed by atoms with Crippen LogP contribution in [0.4, 0.5) is 0 Å². The highest BCUT2D eigenvalue weighted by Gasteiger charge is 2.18. The maximum atomic E-state index is 3.72. The number of nitrogens with one attached hydrogen (secondary N) is 1. The van der Waals surface area contributed by atoms with Crippen LogP contribution in [0.25, 0.3) is 0 Å². The molecule has 2 saturated carbocycles. The van der Waals surface area contributed by atoms with E-state index in [1.165, 1.54) is 77.3 Å². The quantitative estimate of drug-likeness (QED) is 0.700. The lowest BCUT2D eigenvalue weighted by molar-refractivity contribution is 0.268. The van der Waals surface area contributed by atoms with Crippen molar-refractivity contribution >= 4 is 0 Å². The van der Waals surface area contributed by atoms with Crippen LogP contribution in [-0.2, 0) is 0 Å². The van der Waals surface area contributed by atoms with Crippen molar-refractivity contribution < 1.29 is 0 Å². The van der Waals surface area contributed by atoms with E-state index in [-0.39, 0.29) is 0 Å². The minimum absolute atomic E-state index is 0.977. The highest BCUT2D eigenvalue weighted by atomic mass is 14.9. The molecule has 0 aliphatic heterocycles. The standard InChI is InChI=1S/C16H31N/c1-14-6-5-9-16(12-14)13-17-11-10-15-7-3-2-4-8-15/h14-17H,2-13H2,1H3. The first-order valence-electron chi connectivity index (χ1n) is 8.05. The first kappa shape index (κ1) is 13.4. The summed E-state index contributed by atoms with van der Waals surface area (Å²) < 4.78 is 0. The van der Waals surface area contributed by atoms with Crippen molar-refractivity contribution in [2.24, 2.45) is 17.8 Å².